The van der Waals surface area contributed by atoms with Crippen molar-refractivity contribution in [2.75, 3.05) is 5.32 Å². The number of phenolic OH excluding ortho intramolecular Hbond substituents is 1. The van der Waals surface area contributed by atoms with Crippen molar-refractivity contribution in [3.63, 3.8) is 0 Å². The van der Waals surface area contributed by atoms with Gasteiger partial charge in [-0.15, -0.1) is 0 Å². The molecule has 0 heterocycles. The van der Waals surface area contributed by atoms with Crippen LogP contribution in [0.1, 0.15) is 24.2 Å². The fraction of sp³-hybridized carbons (Fsp3) is 0.222. The number of phenols is 1. The standard InChI is InChI=1S/C18H18BrClN2O3/c1-10(2)16(18(25)21-13-6-3-11(19)4-7-13)22-17(24)14-9-12(20)5-8-15(14)23/h3-10,16,23H,1-2H3,(H,21,25)(H,22,24)/t16-/m0/s1. The molecule has 0 unspecified atom stereocenters. The molecule has 0 aliphatic heterocycles. The van der Waals surface area contributed by atoms with Gasteiger partial charge in [0.1, 0.15) is 11.8 Å². The molecule has 132 valence electrons. The predicted molar refractivity (Wildman–Crippen MR) is 102 cm³/mol. The maximum absolute atomic E-state index is 12.5. The molecule has 0 fully saturated rings. The van der Waals surface area contributed by atoms with Crippen LogP contribution in [-0.2, 0) is 4.79 Å². The molecule has 1 atom stereocenters. The maximum atomic E-state index is 12.5. The Kier molecular flexibility index (Phi) is 6.45. The second-order valence-corrected chi connectivity index (χ2v) is 7.20. The van der Waals surface area contributed by atoms with E-state index in [1.165, 1.54) is 18.2 Å². The number of hydrogen-bond donors (Lipinski definition) is 3. The molecule has 5 nitrogen and oxygen atoms in total. The molecule has 0 aromatic heterocycles. The third kappa shape index (κ3) is 5.21. The van der Waals surface area contributed by atoms with E-state index >= 15 is 0 Å². The summed E-state index contributed by atoms with van der Waals surface area (Å²) in [6.07, 6.45) is 0. The fourth-order valence-electron chi connectivity index (χ4n) is 2.20. The van der Waals surface area contributed by atoms with Crippen LogP contribution in [0.4, 0.5) is 5.69 Å². The summed E-state index contributed by atoms with van der Waals surface area (Å²) in [6, 6.07) is 10.5. The summed E-state index contributed by atoms with van der Waals surface area (Å²) >= 11 is 9.20. The smallest absolute Gasteiger partial charge is 0.255 e. The number of aromatic hydroxyl groups is 1. The quantitative estimate of drug-likeness (QED) is 0.672. The zero-order valence-electron chi connectivity index (χ0n) is 13.7. The number of benzene rings is 2. The summed E-state index contributed by atoms with van der Waals surface area (Å²) in [5.74, 6) is -1.25. The molecule has 0 radical (unpaired) electrons. The highest BCUT2D eigenvalue weighted by Gasteiger charge is 2.26. The van der Waals surface area contributed by atoms with Crippen LogP contribution in [0.15, 0.2) is 46.9 Å². The number of carbonyl (C=O) groups excluding carboxylic acids is 2. The molecule has 0 aliphatic carbocycles. The summed E-state index contributed by atoms with van der Waals surface area (Å²) in [5.41, 5.74) is 0.647. The van der Waals surface area contributed by atoms with Crippen molar-refractivity contribution >= 4 is 45.0 Å². The van der Waals surface area contributed by atoms with E-state index in [2.05, 4.69) is 26.6 Å². The van der Waals surface area contributed by atoms with Crippen LogP contribution in [0, 0.1) is 5.92 Å². The second kappa shape index (κ2) is 8.36. The number of anilines is 1. The Morgan fingerprint density at radius 3 is 2.36 bits per heavy atom. The molecule has 2 rings (SSSR count). The van der Waals surface area contributed by atoms with Gasteiger partial charge in [0, 0.05) is 15.2 Å². The normalized spacial score (nSPS) is 11.9. The Labute approximate surface area is 159 Å². The molecule has 2 amide bonds. The summed E-state index contributed by atoms with van der Waals surface area (Å²) in [4.78, 5) is 24.9. The lowest BCUT2D eigenvalue weighted by Crippen LogP contribution is -2.47. The Morgan fingerprint density at radius 1 is 1.12 bits per heavy atom. The topological polar surface area (TPSA) is 78.4 Å². The zero-order valence-corrected chi connectivity index (χ0v) is 16.1. The molecular weight excluding hydrogens is 408 g/mol. The highest BCUT2D eigenvalue weighted by atomic mass is 79.9. The van der Waals surface area contributed by atoms with E-state index in [1.807, 2.05) is 26.0 Å². The highest BCUT2D eigenvalue weighted by Crippen LogP contribution is 2.22. The van der Waals surface area contributed by atoms with Gasteiger partial charge in [-0.25, -0.2) is 0 Å². The van der Waals surface area contributed by atoms with Crippen molar-refractivity contribution in [1.82, 2.24) is 5.32 Å². The minimum atomic E-state index is -0.769. The van der Waals surface area contributed by atoms with Crippen molar-refractivity contribution in [1.29, 1.82) is 0 Å². The second-order valence-electron chi connectivity index (χ2n) is 5.85. The van der Waals surface area contributed by atoms with E-state index in [4.69, 9.17) is 11.6 Å². The van der Waals surface area contributed by atoms with E-state index in [9.17, 15) is 14.7 Å². The van der Waals surface area contributed by atoms with Crippen LogP contribution in [0.5, 0.6) is 5.75 Å². The Bertz CT molecular complexity index is 778. The fourth-order valence-corrected chi connectivity index (χ4v) is 2.63. The highest BCUT2D eigenvalue weighted by molar-refractivity contribution is 9.10. The van der Waals surface area contributed by atoms with Gasteiger partial charge in [0.2, 0.25) is 5.91 Å². The van der Waals surface area contributed by atoms with Gasteiger partial charge in [-0.2, -0.15) is 0 Å². The SMILES string of the molecule is CC(C)[C@H](NC(=O)c1cc(Cl)ccc1O)C(=O)Nc1ccc(Br)cc1. The number of halogens is 2. The van der Waals surface area contributed by atoms with Crippen LogP contribution in [0.3, 0.4) is 0 Å². The first-order valence-corrected chi connectivity index (χ1v) is 8.81. The lowest BCUT2D eigenvalue weighted by atomic mass is 10.0. The molecule has 3 N–H and O–H groups in total. The van der Waals surface area contributed by atoms with Crippen molar-refractivity contribution in [2.24, 2.45) is 5.92 Å². The van der Waals surface area contributed by atoms with E-state index in [-0.39, 0.29) is 23.1 Å². The number of rotatable bonds is 5. The molecule has 0 spiro atoms. The largest absolute Gasteiger partial charge is 0.507 e. The minimum absolute atomic E-state index is 0.0228. The number of amides is 2. The average Bonchev–Trinajstić information content (AvgIpc) is 2.56. The van der Waals surface area contributed by atoms with E-state index in [1.54, 1.807) is 12.1 Å². The van der Waals surface area contributed by atoms with Crippen LogP contribution < -0.4 is 10.6 Å². The zero-order chi connectivity index (χ0) is 18.6. The summed E-state index contributed by atoms with van der Waals surface area (Å²) in [6.45, 7) is 3.65. The van der Waals surface area contributed by atoms with Crippen molar-refractivity contribution < 1.29 is 14.7 Å². The van der Waals surface area contributed by atoms with Gasteiger partial charge >= 0.3 is 0 Å². The van der Waals surface area contributed by atoms with Gasteiger partial charge in [-0.3, -0.25) is 9.59 Å². The molecule has 2 aromatic rings. The lowest BCUT2D eigenvalue weighted by Gasteiger charge is -2.22. The molecule has 0 bridgehead atoms. The molecule has 7 heteroatoms. The molecular formula is C18H18BrClN2O3. The van der Waals surface area contributed by atoms with E-state index in [0.717, 1.165) is 4.47 Å². The van der Waals surface area contributed by atoms with Crippen LogP contribution >= 0.6 is 27.5 Å². The lowest BCUT2D eigenvalue weighted by molar-refractivity contribution is -0.118. The number of carbonyl (C=O) groups is 2. The summed E-state index contributed by atoms with van der Waals surface area (Å²) in [5, 5.41) is 15.6. The number of hydrogen-bond acceptors (Lipinski definition) is 3. The van der Waals surface area contributed by atoms with E-state index in [0.29, 0.717) is 10.7 Å². The predicted octanol–water partition coefficient (Wildman–Crippen LogP) is 4.20. The minimum Gasteiger partial charge on any atom is -0.507 e. The van der Waals surface area contributed by atoms with Crippen molar-refractivity contribution in [2.45, 2.75) is 19.9 Å². The van der Waals surface area contributed by atoms with Gasteiger partial charge in [0.05, 0.1) is 5.56 Å². The van der Waals surface area contributed by atoms with Gasteiger partial charge in [-0.05, 0) is 48.4 Å². The van der Waals surface area contributed by atoms with Crippen LogP contribution in [0.2, 0.25) is 5.02 Å². The first-order chi connectivity index (χ1) is 11.8. The van der Waals surface area contributed by atoms with Crippen molar-refractivity contribution in [3.05, 3.63) is 57.5 Å². The van der Waals surface area contributed by atoms with Gasteiger partial charge < -0.3 is 15.7 Å². The third-order valence-electron chi connectivity index (χ3n) is 3.55. The van der Waals surface area contributed by atoms with Crippen LogP contribution in [-0.4, -0.2) is 23.0 Å². The molecule has 0 saturated carbocycles. The van der Waals surface area contributed by atoms with Gasteiger partial charge in [-0.1, -0.05) is 41.4 Å². The molecule has 0 saturated heterocycles. The Hall–Kier alpha value is -2.05. The monoisotopic (exact) mass is 424 g/mol. The summed E-state index contributed by atoms with van der Waals surface area (Å²) < 4.78 is 0.899. The van der Waals surface area contributed by atoms with Crippen molar-refractivity contribution in [3.8, 4) is 5.75 Å². The molecule has 25 heavy (non-hydrogen) atoms. The maximum Gasteiger partial charge on any atom is 0.255 e. The molecule has 0 aliphatic rings. The Balaban J connectivity index is 2.14. The summed E-state index contributed by atoms with van der Waals surface area (Å²) in [7, 11) is 0. The number of nitrogens with one attached hydrogen (secondary N) is 2. The first kappa shape index (κ1) is 19.3. The molecule has 2 aromatic carbocycles. The van der Waals surface area contributed by atoms with E-state index < -0.39 is 11.9 Å². The third-order valence-corrected chi connectivity index (χ3v) is 4.31. The average molecular weight is 426 g/mol. The van der Waals surface area contributed by atoms with Gasteiger partial charge in [0.25, 0.3) is 5.91 Å². The van der Waals surface area contributed by atoms with Crippen LogP contribution in [0.25, 0.3) is 0 Å². The first-order valence-electron chi connectivity index (χ1n) is 7.63. The van der Waals surface area contributed by atoms with Gasteiger partial charge in [0.15, 0.2) is 0 Å². The Morgan fingerprint density at radius 2 is 1.76 bits per heavy atom.